The van der Waals surface area contributed by atoms with Crippen molar-refractivity contribution in [3.05, 3.63) is 54.4 Å². The molecule has 0 N–H and O–H groups in total. The summed E-state index contributed by atoms with van der Waals surface area (Å²) in [6.07, 6.45) is 8.44. The number of pyridine rings is 1. The zero-order valence-electron chi connectivity index (χ0n) is 25.5. The molecule has 0 amide bonds. The quantitative estimate of drug-likeness (QED) is 0.278. The van der Waals surface area contributed by atoms with Crippen molar-refractivity contribution in [3.63, 3.8) is 0 Å². The summed E-state index contributed by atoms with van der Waals surface area (Å²) in [6.45, 7) is 8.55. The van der Waals surface area contributed by atoms with E-state index >= 15 is 0 Å². The maximum atomic E-state index is 14.5. The first-order chi connectivity index (χ1) is 20.8. The summed E-state index contributed by atoms with van der Waals surface area (Å²) >= 11 is 0. The lowest BCUT2D eigenvalue weighted by Crippen LogP contribution is -2.66. The Morgan fingerprint density at radius 1 is 1.00 bits per heavy atom. The smallest absolute Gasteiger partial charge is 0.282 e. The second-order valence-corrected chi connectivity index (χ2v) is 13.3. The van der Waals surface area contributed by atoms with Crippen LogP contribution >= 0.6 is 0 Å². The summed E-state index contributed by atoms with van der Waals surface area (Å²) in [4.78, 5) is 14.2. The van der Waals surface area contributed by atoms with E-state index in [1.807, 2.05) is 12.1 Å². The SMILES string of the molecule is COC1(OC)CC([C@@H](C(C)C)N2CC3(CCN(c4ncnnc4Oc4ccc(F)cc4-c4cccnc4C4CC4)C3)C2)C1. The number of halogens is 1. The average Bonchev–Trinajstić information content (AvgIpc) is 3.73. The van der Waals surface area contributed by atoms with Crippen LogP contribution in [-0.4, -0.2) is 77.3 Å². The third kappa shape index (κ3) is 5.27. The van der Waals surface area contributed by atoms with Gasteiger partial charge in [-0.25, -0.2) is 9.37 Å². The van der Waals surface area contributed by atoms with Crippen LogP contribution in [-0.2, 0) is 9.47 Å². The number of nitrogens with zero attached hydrogens (tertiary/aromatic N) is 6. The summed E-state index contributed by atoms with van der Waals surface area (Å²) in [7, 11) is 3.49. The highest BCUT2D eigenvalue weighted by molar-refractivity contribution is 5.74. The predicted octanol–water partition coefficient (Wildman–Crippen LogP) is 5.68. The summed E-state index contributed by atoms with van der Waals surface area (Å²) in [5, 5.41) is 8.40. The van der Waals surface area contributed by atoms with Gasteiger partial charge in [-0.2, -0.15) is 0 Å². The van der Waals surface area contributed by atoms with E-state index in [1.165, 1.54) is 18.5 Å². The Labute approximate surface area is 252 Å². The first-order valence-electron chi connectivity index (χ1n) is 15.5. The third-order valence-corrected chi connectivity index (χ3v) is 10.1. The van der Waals surface area contributed by atoms with Gasteiger partial charge in [-0.3, -0.25) is 9.88 Å². The Kier molecular flexibility index (Phi) is 7.34. The van der Waals surface area contributed by atoms with Crippen molar-refractivity contribution in [2.24, 2.45) is 17.3 Å². The summed E-state index contributed by atoms with van der Waals surface area (Å²) in [5.74, 6) is 2.34. The first kappa shape index (κ1) is 28.6. The van der Waals surface area contributed by atoms with Crippen LogP contribution in [0.2, 0.25) is 0 Å². The Morgan fingerprint density at radius 2 is 1.79 bits per heavy atom. The van der Waals surface area contributed by atoms with Gasteiger partial charge in [0.15, 0.2) is 11.6 Å². The Morgan fingerprint density at radius 3 is 2.51 bits per heavy atom. The zero-order valence-corrected chi connectivity index (χ0v) is 25.5. The molecular weight excluding hydrogens is 547 g/mol. The molecule has 2 saturated carbocycles. The molecule has 1 aromatic carbocycles. The number of likely N-dealkylation sites (tertiary alicyclic amines) is 1. The van der Waals surface area contributed by atoms with Crippen LogP contribution in [0, 0.1) is 23.1 Å². The Hall–Kier alpha value is -3.21. The fraction of sp³-hybridized carbons (Fsp3) is 0.576. The Balaban J connectivity index is 1.07. The molecule has 4 heterocycles. The van der Waals surface area contributed by atoms with Crippen molar-refractivity contribution in [2.45, 2.75) is 63.7 Å². The summed E-state index contributed by atoms with van der Waals surface area (Å²) < 4.78 is 32.3. The van der Waals surface area contributed by atoms with Gasteiger partial charge in [0.2, 0.25) is 0 Å². The van der Waals surface area contributed by atoms with E-state index in [-0.39, 0.29) is 11.2 Å². The van der Waals surface area contributed by atoms with Gasteiger partial charge in [-0.1, -0.05) is 19.9 Å². The minimum atomic E-state index is -0.415. The molecule has 0 unspecified atom stereocenters. The van der Waals surface area contributed by atoms with Crippen LogP contribution < -0.4 is 9.64 Å². The van der Waals surface area contributed by atoms with Gasteiger partial charge in [-0.15, -0.1) is 10.2 Å². The lowest BCUT2D eigenvalue weighted by Gasteiger charge is -2.58. The largest absolute Gasteiger partial charge is 0.434 e. The lowest BCUT2D eigenvalue weighted by molar-refractivity contribution is -0.282. The molecule has 0 bridgehead atoms. The van der Waals surface area contributed by atoms with Crippen molar-refractivity contribution >= 4 is 5.82 Å². The number of methoxy groups -OCH3 is 2. The van der Waals surface area contributed by atoms with Crippen LogP contribution in [0.3, 0.4) is 0 Å². The molecule has 7 rings (SSSR count). The van der Waals surface area contributed by atoms with E-state index in [4.69, 9.17) is 14.2 Å². The van der Waals surface area contributed by atoms with Crippen LogP contribution in [0.1, 0.15) is 57.6 Å². The number of hydrogen-bond donors (Lipinski definition) is 0. The maximum absolute atomic E-state index is 14.5. The van der Waals surface area contributed by atoms with E-state index in [0.29, 0.717) is 46.8 Å². The highest BCUT2D eigenvalue weighted by Crippen LogP contribution is 2.51. The molecule has 2 aromatic heterocycles. The molecular formula is C33H41FN6O3. The zero-order chi connectivity index (χ0) is 29.8. The van der Waals surface area contributed by atoms with Crippen molar-refractivity contribution < 1.29 is 18.6 Å². The van der Waals surface area contributed by atoms with Crippen LogP contribution in [0.25, 0.3) is 11.1 Å². The number of aromatic nitrogens is 4. The topological polar surface area (TPSA) is 85.7 Å². The first-order valence-corrected chi connectivity index (χ1v) is 15.5. The third-order valence-electron chi connectivity index (χ3n) is 10.1. The molecule has 0 radical (unpaired) electrons. The van der Waals surface area contributed by atoms with Crippen LogP contribution in [0.5, 0.6) is 11.6 Å². The van der Waals surface area contributed by atoms with Crippen molar-refractivity contribution in [1.82, 2.24) is 25.1 Å². The number of hydrogen-bond acceptors (Lipinski definition) is 9. The standard InChI is InChI=1S/C33H41FN6O3/c1-21(2)29(23-15-33(16-23,41-3)42-4)40-18-32(19-40)11-13-39(17-32)30-31(38-37-20-36-30)43-27-10-9-24(34)14-26(27)25-6-5-12-35-28(25)22-7-8-22/h5-6,9-10,12,14,20-23,29H,7-8,11,13,15-19H2,1-4H3/t29-/m1/s1. The molecule has 2 aliphatic carbocycles. The molecule has 2 aliphatic heterocycles. The van der Waals surface area contributed by atoms with E-state index in [0.717, 1.165) is 69.5 Å². The summed E-state index contributed by atoms with van der Waals surface area (Å²) in [6, 6.07) is 8.99. The van der Waals surface area contributed by atoms with Crippen molar-refractivity contribution in [2.75, 3.05) is 45.3 Å². The van der Waals surface area contributed by atoms with Crippen molar-refractivity contribution in [3.8, 4) is 22.8 Å². The van der Waals surface area contributed by atoms with E-state index in [2.05, 4.69) is 43.8 Å². The lowest BCUT2D eigenvalue weighted by atomic mass is 9.67. The molecule has 4 aliphatic rings. The van der Waals surface area contributed by atoms with E-state index in [1.54, 1.807) is 26.5 Å². The van der Waals surface area contributed by atoms with Gasteiger partial charge < -0.3 is 19.1 Å². The molecule has 2 saturated heterocycles. The van der Waals surface area contributed by atoms with Crippen LogP contribution in [0.15, 0.2) is 42.9 Å². The number of anilines is 1. The molecule has 4 fully saturated rings. The molecule has 43 heavy (non-hydrogen) atoms. The summed E-state index contributed by atoms with van der Waals surface area (Å²) in [5.41, 5.74) is 2.77. The second-order valence-electron chi connectivity index (χ2n) is 13.3. The normalized spacial score (nSPS) is 22.0. The van der Waals surface area contributed by atoms with Gasteiger partial charge >= 0.3 is 0 Å². The van der Waals surface area contributed by atoms with E-state index in [9.17, 15) is 4.39 Å². The van der Waals surface area contributed by atoms with Gasteiger partial charge in [-0.05, 0) is 55.4 Å². The monoisotopic (exact) mass is 588 g/mol. The fourth-order valence-electron chi connectivity index (χ4n) is 7.84. The van der Waals surface area contributed by atoms with Gasteiger partial charge in [0.1, 0.15) is 17.9 Å². The fourth-order valence-corrected chi connectivity index (χ4v) is 7.84. The molecule has 228 valence electrons. The predicted molar refractivity (Wildman–Crippen MR) is 160 cm³/mol. The van der Waals surface area contributed by atoms with Gasteiger partial charge in [0, 0.05) is 87.9 Å². The Bertz CT molecular complexity index is 1460. The molecule has 1 spiro atoms. The minimum Gasteiger partial charge on any atom is -0.434 e. The molecule has 10 heteroatoms. The highest BCUT2D eigenvalue weighted by Gasteiger charge is 2.56. The number of rotatable bonds is 10. The maximum Gasteiger partial charge on any atom is 0.282 e. The van der Waals surface area contributed by atoms with Crippen LogP contribution in [0.4, 0.5) is 10.2 Å². The highest BCUT2D eigenvalue weighted by atomic mass is 19.1. The van der Waals surface area contributed by atoms with Gasteiger partial charge in [0.25, 0.3) is 5.88 Å². The molecule has 9 nitrogen and oxygen atoms in total. The minimum absolute atomic E-state index is 0.217. The average molecular weight is 589 g/mol. The van der Waals surface area contributed by atoms with Gasteiger partial charge in [0.05, 0.1) is 5.69 Å². The van der Waals surface area contributed by atoms with E-state index < -0.39 is 5.79 Å². The number of ether oxygens (including phenoxy) is 3. The number of benzene rings is 1. The molecule has 1 atom stereocenters. The molecule has 3 aromatic rings. The second kappa shape index (κ2) is 11.1. The van der Waals surface area contributed by atoms with Crippen molar-refractivity contribution in [1.29, 1.82) is 0 Å².